The predicted molar refractivity (Wildman–Crippen MR) is 368 cm³/mol. The van der Waals surface area contributed by atoms with Crippen LogP contribution in [0.15, 0.2) is 230 Å². The third-order valence-electron chi connectivity index (χ3n) is 12.1. The van der Waals surface area contributed by atoms with Gasteiger partial charge in [-0.3, -0.25) is 9.98 Å². The highest BCUT2D eigenvalue weighted by molar-refractivity contribution is 7.88. The number of para-hydroxylation sites is 5. The number of aryl methyl sites for hydroxylation is 8. The molecule has 0 radical (unpaired) electrons. The first kappa shape index (κ1) is 69.9. The predicted octanol–water partition coefficient (Wildman–Crippen LogP) is 12.9. The van der Waals surface area contributed by atoms with Crippen LogP contribution in [0.3, 0.4) is 0 Å². The topological polar surface area (TPSA) is 193 Å². The van der Waals surface area contributed by atoms with E-state index in [0.717, 1.165) is 63.7 Å². The van der Waals surface area contributed by atoms with Gasteiger partial charge >= 0.3 is 0 Å². The highest BCUT2D eigenvalue weighted by atomic mass is 32.4. The van der Waals surface area contributed by atoms with Crippen molar-refractivity contribution in [3.8, 4) is 0 Å². The van der Waals surface area contributed by atoms with Crippen LogP contribution in [-0.2, 0) is 31.7 Å². The Kier molecular flexibility index (Phi) is 35.6. The zero-order valence-electron chi connectivity index (χ0n) is 50.8. The molecular weight excluding hydrogens is 1110 g/mol. The minimum atomic E-state index is 0.968. The molecule has 438 valence electrons. The van der Waals surface area contributed by atoms with E-state index in [1.807, 2.05) is 230 Å². The summed E-state index contributed by atoms with van der Waals surface area (Å²) in [4.78, 5) is 32.9. The number of aliphatic imine (C=N–C) groups is 2. The number of H-pyrrole nitrogens is 4. The lowest BCUT2D eigenvalue weighted by molar-refractivity contribution is -0.676. The van der Waals surface area contributed by atoms with Crippen LogP contribution in [0.25, 0.3) is 10.9 Å². The number of aromatic nitrogens is 7. The molecule has 0 fully saturated rings. The summed E-state index contributed by atoms with van der Waals surface area (Å²) in [7, 11) is 4.56. The van der Waals surface area contributed by atoms with Gasteiger partial charge < -0.3 is 35.8 Å². The molecule has 0 saturated heterocycles. The lowest BCUT2D eigenvalue weighted by Gasteiger charge is -1.97. The first-order valence-electron chi connectivity index (χ1n) is 27.3. The van der Waals surface area contributed by atoms with Crippen molar-refractivity contribution in [1.82, 2.24) is 29.9 Å². The number of hydrogen-bond acceptors (Lipinski definition) is 7. The van der Waals surface area contributed by atoms with E-state index in [4.69, 9.17) is 25.4 Å². The second kappa shape index (κ2) is 43.3. The third kappa shape index (κ3) is 28.9. The quantitative estimate of drug-likeness (QED) is 0.0377. The van der Waals surface area contributed by atoms with Crippen molar-refractivity contribution in [2.45, 2.75) is 61.3 Å². The van der Waals surface area contributed by atoms with E-state index in [9.17, 15) is 0 Å². The Morgan fingerprint density at radius 1 is 0.576 bits per heavy atom. The van der Waals surface area contributed by atoms with Crippen molar-refractivity contribution < 1.29 is 14.6 Å². The molecule has 85 heavy (non-hydrogen) atoms. The Labute approximate surface area is 518 Å². The van der Waals surface area contributed by atoms with Crippen LogP contribution in [0, 0.1) is 59.3 Å². The third-order valence-corrected chi connectivity index (χ3v) is 12.1. The standard InChI is InChI=1S/3C8H7N.4C8H9N.C5H8N2.2C4H6N2.HPS.H2S/c3*1-2-4-8-7(3-1)5-6-9-8;2*1-7-5-3-4-6-8(7)9-2;1-7-3-2-4-8(5-7)6-9;1-7-4-2-3-5-8(7)6-9;1-5-3-6-4-7(5)2;2*1-4-2-5-3-6-4;1-2;/h2*1-4,6H,5H2;1-6,9H;4*2-6,9H,1H3;3-4H,1-2H3;2*2-3H,1H3,(H,5,6);1H;1H2/p+1/i/hD. The van der Waals surface area contributed by atoms with E-state index >= 15 is 0 Å². The zero-order valence-corrected chi connectivity index (χ0v) is 52.5. The molecule has 2 aliphatic heterocycles. The fourth-order valence-electron chi connectivity index (χ4n) is 7.20. The smallest absolute Gasteiger partial charge is 0.241 e. The molecule has 13 rings (SSSR count). The molecule has 0 atom stereocenters. The number of imidazole rings is 3. The maximum Gasteiger partial charge on any atom is 0.241 e. The van der Waals surface area contributed by atoms with E-state index in [1.165, 1.54) is 56.8 Å². The molecule has 7 aromatic carbocycles. The van der Waals surface area contributed by atoms with Gasteiger partial charge in [0.15, 0.2) is 0 Å². The van der Waals surface area contributed by atoms with Gasteiger partial charge in [0.25, 0.3) is 0 Å². The van der Waals surface area contributed by atoms with Crippen molar-refractivity contribution in [1.29, 1.82) is 11.9 Å². The van der Waals surface area contributed by atoms with Crippen LogP contribution in [0.4, 0.5) is 22.7 Å². The van der Waals surface area contributed by atoms with Gasteiger partial charge in [-0.25, -0.2) is 19.5 Å². The average Bonchev–Trinajstić information content (AvgIpc) is 4.55. The van der Waals surface area contributed by atoms with Gasteiger partial charge in [-0.2, -0.15) is 13.4 Å². The Bertz CT molecular complexity index is 3400. The summed E-state index contributed by atoms with van der Waals surface area (Å²) in [5.41, 5.74) is 18.3. The van der Waals surface area contributed by atoms with Crippen molar-refractivity contribution in [3.63, 3.8) is 0 Å². The largest absolute Gasteiger partial charge is 0.380 e. The molecule has 0 bridgehead atoms. The fourth-order valence-corrected chi connectivity index (χ4v) is 7.20. The number of aromatic amines is 4. The molecule has 0 aliphatic carbocycles. The van der Waals surface area contributed by atoms with Gasteiger partial charge in [-0.05, 0) is 93.2 Å². The summed E-state index contributed by atoms with van der Waals surface area (Å²) in [5.74, 6) is 0. The van der Waals surface area contributed by atoms with E-state index in [2.05, 4.69) is 120 Å². The molecule has 11 aromatic rings. The molecule has 16 heteroatoms. The SMILES string of the molecule is C1=Nc2ccccc2C1.C1=Nc2ccccc2C1.Cc1c[nH]c[n+]1C.Cc1cccc(C=N)c1.Cc1ccccc1C=N.Cc1cnc[nH]1.Cc1cnc[nH]1.P=S.[2H]S.[CH-]=[NH+]c1ccccc1C.[CH-]=[NH+]c1ccccc1C.c1ccc2[nH]ccc2c1. The molecule has 4 aromatic heterocycles. The van der Waals surface area contributed by atoms with Crippen LogP contribution in [0.2, 0.25) is 0 Å². The Morgan fingerprint density at radius 3 is 1.40 bits per heavy atom. The summed E-state index contributed by atoms with van der Waals surface area (Å²) in [5, 5.41) is 15.2. The molecule has 0 amide bonds. The number of fused-ring (bicyclic) bond motifs is 3. The second-order valence-electron chi connectivity index (χ2n) is 18.5. The molecule has 0 unspecified atom stereocenters. The summed E-state index contributed by atoms with van der Waals surface area (Å²) >= 11 is 6.67. The van der Waals surface area contributed by atoms with Crippen LogP contribution in [-0.4, -0.2) is 69.3 Å². The highest BCUT2D eigenvalue weighted by Gasteiger charge is 2.03. The van der Waals surface area contributed by atoms with Crippen molar-refractivity contribution in [2.75, 3.05) is 0 Å². The lowest BCUT2D eigenvalue weighted by Crippen LogP contribution is -2.58. The van der Waals surface area contributed by atoms with Gasteiger partial charge in [0.1, 0.15) is 11.9 Å². The van der Waals surface area contributed by atoms with Gasteiger partial charge in [-0.15, -0.1) is 0 Å². The van der Waals surface area contributed by atoms with Crippen LogP contribution in [0.1, 0.15) is 61.6 Å². The summed E-state index contributed by atoms with van der Waals surface area (Å²) in [6.07, 6.45) is 21.3. The number of nitrogens with zero attached hydrogens (tertiary/aromatic N) is 5. The number of hydrogen-bond donors (Lipinski definition) is 8. The lowest BCUT2D eigenvalue weighted by atomic mass is 10.1. The summed E-state index contributed by atoms with van der Waals surface area (Å²) in [6, 6.07) is 58.2. The first-order valence-corrected chi connectivity index (χ1v) is 28.5. The van der Waals surface area contributed by atoms with Gasteiger partial charge in [0, 0.05) is 93.6 Å². The van der Waals surface area contributed by atoms with Crippen molar-refractivity contribution in [3.05, 3.63) is 281 Å². The minimum absolute atomic E-state index is 0.968. The normalized spacial score (nSPS) is 9.96. The molecular formula is C69H81N13PS2+. The maximum atomic E-state index is 6.96. The van der Waals surface area contributed by atoms with Crippen molar-refractivity contribution >= 4 is 105 Å². The van der Waals surface area contributed by atoms with E-state index in [1.54, 1.807) is 25.0 Å². The van der Waals surface area contributed by atoms with E-state index < -0.39 is 0 Å². The molecule has 0 spiro atoms. The molecule has 6 heterocycles. The summed E-state index contributed by atoms with van der Waals surface area (Å²) in [6.45, 7) is 24.4. The highest BCUT2D eigenvalue weighted by Crippen LogP contribution is 2.23. The zero-order chi connectivity index (χ0) is 63.2. The number of nitrogens with one attached hydrogen (secondary N) is 8. The Hall–Kier alpha value is -9.40. The summed E-state index contributed by atoms with van der Waals surface area (Å²) < 4.78 is 7.47. The Balaban J connectivity index is 0.000000325. The van der Waals surface area contributed by atoms with Gasteiger partial charge in [0.05, 0.1) is 43.6 Å². The molecule has 2 aliphatic rings. The molecule has 8 N–H and O–H groups in total. The Morgan fingerprint density at radius 2 is 1.06 bits per heavy atom. The fraction of sp³-hybridized carbons (Fsp3) is 0.145. The van der Waals surface area contributed by atoms with Gasteiger partial charge in [0.2, 0.25) is 6.33 Å². The number of benzene rings is 7. The van der Waals surface area contributed by atoms with Crippen LogP contribution in [0.5, 0.6) is 0 Å². The molecule has 0 saturated carbocycles. The van der Waals surface area contributed by atoms with Crippen molar-refractivity contribution in [2.24, 2.45) is 17.0 Å². The van der Waals surface area contributed by atoms with Gasteiger partial charge in [-0.1, -0.05) is 194 Å². The van der Waals surface area contributed by atoms with Crippen LogP contribution < -0.4 is 14.6 Å². The second-order valence-corrected chi connectivity index (χ2v) is 18.5. The van der Waals surface area contributed by atoms with E-state index in [0.29, 0.717) is 0 Å². The van der Waals surface area contributed by atoms with E-state index in [-0.39, 0.29) is 0 Å². The maximum absolute atomic E-state index is 6.96. The first-order chi connectivity index (χ1) is 41.8. The monoisotopic (exact) mass is 1190 g/mol. The van der Waals surface area contributed by atoms with Crippen LogP contribution >= 0.6 is 21.4 Å². The average molecular weight is 1190 g/mol. The number of rotatable bonds is 4. The minimum Gasteiger partial charge on any atom is -0.380 e. The molecule has 13 nitrogen and oxygen atoms in total.